The van der Waals surface area contributed by atoms with Gasteiger partial charge < -0.3 is 19.7 Å². The van der Waals surface area contributed by atoms with E-state index in [0.717, 1.165) is 0 Å². The monoisotopic (exact) mass is 350 g/mol. The van der Waals surface area contributed by atoms with Crippen molar-refractivity contribution in [1.82, 2.24) is 0 Å². The normalized spacial score (nSPS) is 11.0. The van der Waals surface area contributed by atoms with E-state index in [-0.39, 0.29) is 28.6 Å². The summed E-state index contributed by atoms with van der Waals surface area (Å²) in [6.45, 7) is 0. The maximum atomic E-state index is 12.8. The molecule has 0 fully saturated rings. The van der Waals surface area contributed by atoms with Crippen LogP contribution in [0.3, 0.4) is 0 Å². The Labute approximate surface area is 150 Å². The standard InChI is InChI=1S/C21H18O5/c1-25-20-15-8-3-4-9-16(15)21(26-2)19(24)18(20)17(23)11-10-13-6-5-7-14(22)12-13/h3-12,22,24H,1-2H3. The minimum absolute atomic E-state index is 0.0273. The SMILES string of the molecule is COc1c(O)c(C(=O)C=Cc2cccc(O)c2)c(OC)c2ccccc12. The van der Waals surface area contributed by atoms with Gasteiger partial charge in [0.2, 0.25) is 0 Å². The largest absolute Gasteiger partial charge is 0.508 e. The average Bonchev–Trinajstić information content (AvgIpc) is 2.65. The molecule has 0 amide bonds. The Kier molecular flexibility index (Phi) is 4.80. The minimum atomic E-state index is -0.438. The van der Waals surface area contributed by atoms with Crippen LogP contribution in [0.25, 0.3) is 16.8 Å². The van der Waals surface area contributed by atoms with Crippen molar-refractivity contribution in [3.05, 3.63) is 65.7 Å². The highest BCUT2D eigenvalue weighted by molar-refractivity contribution is 6.15. The Morgan fingerprint density at radius 2 is 1.58 bits per heavy atom. The number of phenolic OH excluding ortho intramolecular Hbond substituents is 2. The van der Waals surface area contributed by atoms with Crippen LogP contribution < -0.4 is 9.47 Å². The Bertz CT molecular complexity index is 1000. The molecule has 0 saturated carbocycles. The Morgan fingerprint density at radius 3 is 2.19 bits per heavy atom. The van der Waals surface area contributed by atoms with Gasteiger partial charge in [-0.15, -0.1) is 0 Å². The van der Waals surface area contributed by atoms with Crippen LogP contribution in [0.5, 0.6) is 23.0 Å². The number of allylic oxidation sites excluding steroid dienone is 1. The first-order valence-corrected chi connectivity index (χ1v) is 7.94. The Hall–Kier alpha value is -3.47. The fourth-order valence-corrected chi connectivity index (χ4v) is 2.89. The summed E-state index contributed by atoms with van der Waals surface area (Å²) in [6.07, 6.45) is 2.88. The van der Waals surface area contributed by atoms with Crippen molar-refractivity contribution in [2.75, 3.05) is 14.2 Å². The highest BCUT2D eigenvalue weighted by atomic mass is 16.5. The second-order valence-corrected chi connectivity index (χ2v) is 5.63. The fourth-order valence-electron chi connectivity index (χ4n) is 2.89. The van der Waals surface area contributed by atoms with E-state index in [9.17, 15) is 15.0 Å². The lowest BCUT2D eigenvalue weighted by atomic mass is 9.99. The van der Waals surface area contributed by atoms with Crippen LogP contribution in [-0.4, -0.2) is 30.2 Å². The number of benzene rings is 3. The summed E-state index contributed by atoms with van der Waals surface area (Å²) in [5.41, 5.74) is 0.684. The number of fused-ring (bicyclic) bond motifs is 1. The second kappa shape index (κ2) is 7.19. The third kappa shape index (κ3) is 3.07. The van der Waals surface area contributed by atoms with Crippen molar-refractivity contribution < 1.29 is 24.5 Å². The molecule has 0 aromatic heterocycles. The van der Waals surface area contributed by atoms with E-state index in [1.807, 2.05) is 12.1 Å². The first-order valence-electron chi connectivity index (χ1n) is 7.94. The molecule has 0 bridgehead atoms. The summed E-state index contributed by atoms with van der Waals surface area (Å²) < 4.78 is 10.7. The third-order valence-corrected chi connectivity index (χ3v) is 4.05. The van der Waals surface area contributed by atoms with Crippen LogP contribution in [0.15, 0.2) is 54.6 Å². The van der Waals surface area contributed by atoms with Crippen molar-refractivity contribution >= 4 is 22.6 Å². The predicted molar refractivity (Wildman–Crippen MR) is 100 cm³/mol. The van der Waals surface area contributed by atoms with Gasteiger partial charge in [0.25, 0.3) is 0 Å². The van der Waals surface area contributed by atoms with Crippen LogP contribution in [0, 0.1) is 0 Å². The molecule has 5 nitrogen and oxygen atoms in total. The summed E-state index contributed by atoms with van der Waals surface area (Å²) >= 11 is 0. The maximum absolute atomic E-state index is 12.8. The average molecular weight is 350 g/mol. The molecule has 3 aromatic rings. The van der Waals surface area contributed by atoms with Crippen LogP contribution in [0.2, 0.25) is 0 Å². The molecule has 5 heteroatoms. The van der Waals surface area contributed by atoms with Crippen molar-refractivity contribution in [2.45, 2.75) is 0 Å². The number of ketones is 1. The number of methoxy groups -OCH3 is 2. The van der Waals surface area contributed by atoms with Gasteiger partial charge in [0.1, 0.15) is 17.1 Å². The lowest BCUT2D eigenvalue weighted by Gasteiger charge is -2.16. The van der Waals surface area contributed by atoms with E-state index in [1.165, 1.54) is 26.4 Å². The van der Waals surface area contributed by atoms with E-state index < -0.39 is 5.78 Å². The van der Waals surface area contributed by atoms with Crippen molar-refractivity contribution in [1.29, 1.82) is 0 Å². The van der Waals surface area contributed by atoms with Gasteiger partial charge in [0.05, 0.1) is 14.2 Å². The highest BCUT2D eigenvalue weighted by Gasteiger charge is 2.24. The summed E-state index contributed by atoms with van der Waals surface area (Å²) in [4.78, 5) is 12.8. The number of hydrogen-bond donors (Lipinski definition) is 2. The number of carbonyl (C=O) groups is 1. The molecule has 0 spiro atoms. The van der Waals surface area contributed by atoms with Gasteiger partial charge in [-0.3, -0.25) is 4.79 Å². The second-order valence-electron chi connectivity index (χ2n) is 5.63. The quantitative estimate of drug-likeness (QED) is 0.534. The number of phenols is 2. The molecule has 0 aliphatic rings. The molecule has 0 aliphatic carbocycles. The minimum Gasteiger partial charge on any atom is -0.508 e. The zero-order valence-corrected chi connectivity index (χ0v) is 14.4. The molecule has 0 heterocycles. The van der Waals surface area contributed by atoms with Gasteiger partial charge in [-0.25, -0.2) is 0 Å². The molecule has 132 valence electrons. The summed E-state index contributed by atoms with van der Waals surface area (Å²) in [5.74, 6) is -0.104. The molecule has 0 atom stereocenters. The number of hydrogen-bond acceptors (Lipinski definition) is 5. The van der Waals surface area contributed by atoms with E-state index >= 15 is 0 Å². The number of ether oxygens (including phenoxy) is 2. The molecule has 0 saturated heterocycles. The molecule has 2 N–H and O–H groups in total. The highest BCUT2D eigenvalue weighted by Crippen LogP contribution is 2.45. The Morgan fingerprint density at radius 1 is 0.923 bits per heavy atom. The molecule has 26 heavy (non-hydrogen) atoms. The van der Waals surface area contributed by atoms with Crippen LogP contribution >= 0.6 is 0 Å². The van der Waals surface area contributed by atoms with E-state index in [0.29, 0.717) is 16.3 Å². The summed E-state index contributed by atoms with van der Waals surface area (Å²) in [6, 6.07) is 13.7. The lowest BCUT2D eigenvalue weighted by Crippen LogP contribution is -2.02. The topological polar surface area (TPSA) is 76.0 Å². The van der Waals surface area contributed by atoms with Gasteiger partial charge in [-0.05, 0) is 23.8 Å². The molecule has 0 unspecified atom stereocenters. The molecule has 3 aromatic carbocycles. The summed E-state index contributed by atoms with van der Waals surface area (Å²) in [5, 5.41) is 21.4. The number of aromatic hydroxyl groups is 2. The number of rotatable bonds is 5. The van der Waals surface area contributed by atoms with Gasteiger partial charge in [0, 0.05) is 10.8 Å². The van der Waals surface area contributed by atoms with Crippen molar-refractivity contribution in [2.24, 2.45) is 0 Å². The predicted octanol–water partition coefficient (Wildman–Crippen LogP) is 4.16. The first-order chi connectivity index (χ1) is 12.6. The van der Waals surface area contributed by atoms with Crippen molar-refractivity contribution in [3.63, 3.8) is 0 Å². The third-order valence-electron chi connectivity index (χ3n) is 4.05. The van der Waals surface area contributed by atoms with Gasteiger partial charge in [-0.1, -0.05) is 42.5 Å². The van der Waals surface area contributed by atoms with E-state index in [4.69, 9.17) is 9.47 Å². The van der Waals surface area contributed by atoms with Gasteiger partial charge in [0.15, 0.2) is 17.3 Å². The summed E-state index contributed by atoms with van der Waals surface area (Å²) in [7, 11) is 2.88. The van der Waals surface area contributed by atoms with Crippen molar-refractivity contribution in [3.8, 4) is 23.0 Å². The fraction of sp³-hybridized carbons (Fsp3) is 0.0952. The Balaban J connectivity index is 2.14. The molecular formula is C21H18O5. The number of carbonyl (C=O) groups excluding carboxylic acids is 1. The van der Waals surface area contributed by atoms with E-state index in [1.54, 1.807) is 36.4 Å². The first kappa shape index (κ1) is 17.4. The smallest absolute Gasteiger partial charge is 0.193 e. The van der Waals surface area contributed by atoms with Crippen LogP contribution in [0.1, 0.15) is 15.9 Å². The van der Waals surface area contributed by atoms with E-state index in [2.05, 4.69) is 0 Å². The molecular weight excluding hydrogens is 332 g/mol. The zero-order chi connectivity index (χ0) is 18.7. The molecule has 3 rings (SSSR count). The van der Waals surface area contributed by atoms with Gasteiger partial charge in [-0.2, -0.15) is 0 Å². The zero-order valence-electron chi connectivity index (χ0n) is 14.4. The lowest BCUT2D eigenvalue weighted by molar-refractivity contribution is 0.104. The van der Waals surface area contributed by atoms with Crippen LogP contribution in [-0.2, 0) is 0 Å². The maximum Gasteiger partial charge on any atom is 0.193 e. The molecule has 0 aliphatic heterocycles. The molecule has 0 radical (unpaired) electrons. The van der Waals surface area contributed by atoms with Crippen LogP contribution in [0.4, 0.5) is 0 Å². The van der Waals surface area contributed by atoms with Gasteiger partial charge >= 0.3 is 0 Å².